The zero-order valence-corrected chi connectivity index (χ0v) is 20.1. The number of aryl methyl sites for hydroxylation is 1. The molecule has 0 aliphatic rings. The van der Waals surface area contributed by atoms with Crippen LogP contribution in [0.5, 0.6) is 0 Å². The molecule has 0 unspecified atom stereocenters. The maximum Gasteiger partial charge on any atom is 0.268 e. The van der Waals surface area contributed by atoms with Crippen LogP contribution < -0.4 is 5.32 Å². The van der Waals surface area contributed by atoms with E-state index in [2.05, 4.69) is 14.7 Å². The van der Waals surface area contributed by atoms with Gasteiger partial charge in [-0.3, -0.25) is 10.1 Å². The number of nitriles is 1. The minimum Gasteiger partial charge on any atom is -0.318 e. The molecule has 1 aromatic carbocycles. The number of rotatable bonds is 7. The standard InChI is InChI=1S/C22H22FN5O3S2/c1-13(2)12-33(30,31)22-26-21(32-27-22)25-20(29)17(11-24)9-16-8-14(3)28(15(16)4)19-7-5-6-18(23)10-19/h5-10,13H,12H2,1-4H3,(H,25,26,27,29). The van der Waals surface area contributed by atoms with Gasteiger partial charge >= 0.3 is 0 Å². The number of carbonyl (C=O) groups is 1. The Balaban J connectivity index is 1.86. The summed E-state index contributed by atoms with van der Waals surface area (Å²) in [5.41, 5.74) is 2.55. The summed E-state index contributed by atoms with van der Waals surface area (Å²) >= 11 is 0.726. The van der Waals surface area contributed by atoms with E-state index in [0.717, 1.165) is 22.9 Å². The highest BCUT2D eigenvalue weighted by atomic mass is 32.2. The monoisotopic (exact) mass is 487 g/mol. The fourth-order valence-corrected chi connectivity index (χ4v) is 5.67. The summed E-state index contributed by atoms with van der Waals surface area (Å²) in [7, 11) is -3.66. The van der Waals surface area contributed by atoms with E-state index in [1.807, 2.05) is 17.6 Å². The van der Waals surface area contributed by atoms with E-state index >= 15 is 0 Å². The zero-order valence-electron chi connectivity index (χ0n) is 18.5. The second-order valence-corrected chi connectivity index (χ2v) is 10.5. The number of halogens is 1. The number of benzene rings is 1. The number of hydrogen-bond donors (Lipinski definition) is 1. The van der Waals surface area contributed by atoms with Gasteiger partial charge in [0.05, 0.1) is 5.75 Å². The lowest BCUT2D eigenvalue weighted by Gasteiger charge is -2.09. The molecule has 0 saturated heterocycles. The zero-order chi connectivity index (χ0) is 24.3. The van der Waals surface area contributed by atoms with Crippen LogP contribution in [0.2, 0.25) is 0 Å². The normalized spacial score (nSPS) is 12.1. The summed E-state index contributed by atoms with van der Waals surface area (Å²) in [6.45, 7) is 7.17. The first-order valence-corrected chi connectivity index (χ1v) is 12.4. The van der Waals surface area contributed by atoms with E-state index in [4.69, 9.17) is 0 Å². The number of amides is 1. The van der Waals surface area contributed by atoms with Crippen molar-refractivity contribution in [3.63, 3.8) is 0 Å². The van der Waals surface area contributed by atoms with Crippen LogP contribution in [-0.4, -0.2) is 34.0 Å². The minimum absolute atomic E-state index is 0.0197. The van der Waals surface area contributed by atoms with Gasteiger partial charge in [0.2, 0.25) is 15.0 Å². The van der Waals surface area contributed by atoms with Crippen LogP contribution in [0.15, 0.2) is 41.1 Å². The number of aromatic nitrogens is 3. The van der Waals surface area contributed by atoms with E-state index in [9.17, 15) is 22.9 Å². The van der Waals surface area contributed by atoms with Gasteiger partial charge in [-0.1, -0.05) is 19.9 Å². The van der Waals surface area contributed by atoms with Crippen molar-refractivity contribution in [1.82, 2.24) is 13.9 Å². The Bertz CT molecular complexity index is 1380. The van der Waals surface area contributed by atoms with Gasteiger partial charge in [-0.2, -0.15) is 14.6 Å². The molecule has 3 aromatic rings. The molecule has 0 spiro atoms. The molecule has 2 aromatic heterocycles. The molecule has 1 amide bonds. The molecule has 0 atom stereocenters. The topological polar surface area (TPSA) is 118 Å². The van der Waals surface area contributed by atoms with Gasteiger partial charge in [-0.25, -0.2) is 12.8 Å². The first-order chi connectivity index (χ1) is 15.5. The molecule has 0 radical (unpaired) electrons. The van der Waals surface area contributed by atoms with Gasteiger partial charge in [0.1, 0.15) is 17.5 Å². The van der Waals surface area contributed by atoms with E-state index in [1.165, 1.54) is 18.2 Å². The average molecular weight is 488 g/mol. The molecule has 172 valence electrons. The second kappa shape index (κ2) is 9.64. The summed E-state index contributed by atoms with van der Waals surface area (Å²) in [6, 6.07) is 9.75. The summed E-state index contributed by atoms with van der Waals surface area (Å²) in [6.07, 6.45) is 1.42. The van der Waals surface area contributed by atoms with Crippen molar-refractivity contribution in [1.29, 1.82) is 5.26 Å². The Morgan fingerprint density at radius 3 is 2.70 bits per heavy atom. The molecule has 0 fully saturated rings. The van der Waals surface area contributed by atoms with Crippen molar-refractivity contribution < 1.29 is 17.6 Å². The number of nitrogens with one attached hydrogen (secondary N) is 1. The summed E-state index contributed by atoms with van der Waals surface area (Å²) in [5, 5.41) is 11.6. The van der Waals surface area contributed by atoms with Crippen molar-refractivity contribution in [2.75, 3.05) is 11.1 Å². The van der Waals surface area contributed by atoms with E-state index in [0.29, 0.717) is 11.3 Å². The Morgan fingerprint density at radius 2 is 2.06 bits per heavy atom. The SMILES string of the molecule is Cc1cc(C=C(C#N)C(=O)Nc2nc(S(=O)(=O)CC(C)C)ns2)c(C)n1-c1cccc(F)c1. The molecule has 0 aliphatic carbocycles. The molecule has 2 heterocycles. The van der Waals surface area contributed by atoms with Crippen LogP contribution in [0.3, 0.4) is 0 Å². The predicted octanol–water partition coefficient (Wildman–Crippen LogP) is 4.06. The third-order valence-corrected chi connectivity index (χ3v) is 7.25. The van der Waals surface area contributed by atoms with Crippen molar-refractivity contribution >= 4 is 38.5 Å². The van der Waals surface area contributed by atoms with Gasteiger partial charge < -0.3 is 4.57 Å². The Morgan fingerprint density at radius 1 is 1.33 bits per heavy atom. The number of sulfone groups is 1. The molecule has 1 N–H and O–H groups in total. The summed E-state index contributed by atoms with van der Waals surface area (Å²) < 4.78 is 43.8. The fraction of sp³-hybridized carbons (Fsp3) is 0.273. The molecule has 0 saturated carbocycles. The van der Waals surface area contributed by atoms with Crippen LogP contribution in [0.4, 0.5) is 9.52 Å². The fourth-order valence-electron chi connectivity index (χ4n) is 3.32. The van der Waals surface area contributed by atoms with E-state index < -0.39 is 15.7 Å². The highest BCUT2D eigenvalue weighted by molar-refractivity contribution is 7.91. The van der Waals surface area contributed by atoms with Gasteiger partial charge in [0.15, 0.2) is 0 Å². The van der Waals surface area contributed by atoms with Crippen molar-refractivity contribution in [2.45, 2.75) is 32.9 Å². The van der Waals surface area contributed by atoms with Gasteiger partial charge in [-0.15, -0.1) is 0 Å². The van der Waals surface area contributed by atoms with Crippen molar-refractivity contribution in [3.8, 4) is 11.8 Å². The molecular weight excluding hydrogens is 465 g/mol. The Labute approximate surface area is 195 Å². The van der Waals surface area contributed by atoms with Gasteiger partial charge in [-0.05, 0) is 55.7 Å². The van der Waals surface area contributed by atoms with Gasteiger partial charge in [0.25, 0.3) is 11.1 Å². The third kappa shape index (κ3) is 5.53. The number of anilines is 1. The van der Waals surface area contributed by atoms with E-state index in [1.54, 1.807) is 39.0 Å². The van der Waals surface area contributed by atoms with Gasteiger partial charge in [0, 0.05) is 28.6 Å². The van der Waals surface area contributed by atoms with E-state index in [-0.39, 0.29) is 33.3 Å². The molecule has 0 bridgehead atoms. The second-order valence-electron chi connectivity index (χ2n) is 7.82. The molecule has 0 aliphatic heterocycles. The summed E-state index contributed by atoms with van der Waals surface area (Å²) in [5.74, 6) is -1.32. The Hall–Kier alpha value is -3.36. The maximum absolute atomic E-state index is 13.7. The van der Waals surface area contributed by atoms with Crippen LogP contribution in [0.25, 0.3) is 11.8 Å². The van der Waals surface area contributed by atoms with Crippen molar-refractivity contribution in [3.05, 3.63) is 58.7 Å². The molecule has 33 heavy (non-hydrogen) atoms. The lowest BCUT2D eigenvalue weighted by atomic mass is 10.1. The van der Waals surface area contributed by atoms with Crippen LogP contribution in [-0.2, 0) is 14.6 Å². The average Bonchev–Trinajstić information content (AvgIpc) is 3.29. The smallest absolute Gasteiger partial charge is 0.268 e. The summed E-state index contributed by atoms with van der Waals surface area (Å²) in [4.78, 5) is 16.5. The van der Waals surface area contributed by atoms with Crippen LogP contribution in [0, 0.1) is 36.9 Å². The highest BCUT2D eigenvalue weighted by Gasteiger charge is 2.23. The third-order valence-electron chi connectivity index (χ3n) is 4.66. The highest BCUT2D eigenvalue weighted by Crippen LogP contribution is 2.24. The first-order valence-electron chi connectivity index (χ1n) is 9.96. The molecular formula is C22H22FN5O3S2. The maximum atomic E-state index is 13.7. The largest absolute Gasteiger partial charge is 0.318 e. The van der Waals surface area contributed by atoms with Crippen LogP contribution in [0.1, 0.15) is 30.8 Å². The lowest BCUT2D eigenvalue weighted by Crippen LogP contribution is -2.15. The number of nitrogens with zero attached hydrogens (tertiary/aromatic N) is 4. The predicted molar refractivity (Wildman–Crippen MR) is 124 cm³/mol. The lowest BCUT2D eigenvalue weighted by molar-refractivity contribution is -0.112. The minimum atomic E-state index is -3.66. The van der Waals surface area contributed by atoms with Crippen LogP contribution >= 0.6 is 11.5 Å². The molecule has 11 heteroatoms. The van der Waals surface area contributed by atoms with Crippen molar-refractivity contribution in [2.24, 2.45) is 5.92 Å². The molecule has 8 nitrogen and oxygen atoms in total. The first kappa shape index (κ1) is 24.3. The quantitative estimate of drug-likeness (QED) is 0.397. The number of hydrogen-bond acceptors (Lipinski definition) is 7. The molecule has 3 rings (SSSR count). The Kier molecular flexibility index (Phi) is 7.09. The number of carbonyl (C=O) groups excluding carboxylic acids is 1.